The van der Waals surface area contributed by atoms with Crippen LogP contribution < -0.4 is 11.1 Å². The first kappa shape index (κ1) is 14.5. The Morgan fingerprint density at radius 1 is 1.56 bits per heavy atom. The van der Waals surface area contributed by atoms with Gasteiger partial charge in [0.25, 0.3) is 0 Å². The smallest absolute Gasteiger partial charge is 0.241 e. The van der Waals surface area contributed by atoms with Gasteiger partial charge in [-0.2, -0.15) is 0 Å². The van der Waals surface area contributed by atoms with Crippen LogP contribution in [0.2, 0.25) is 0 Å². The molecular formula is C13H21N3O2. The van der Waals surface area contributed by atoms with Gasteiger partial charge in [-0.25, -0.2) is 0 Å². The van der Waals surface area contributed by atoms with Crippen LogP contribution in [0.15, 0.2) is 18.2 Å². The molecule has 1 rings (SSSR count). The topological polar surface area (TPSA) is 78.6 Å². The van der Waals surface area contributed by atoms with Gasteiger partial charge in [0.1, 0.15) is 0 Å². The fourth-order valence-corrected chi connectivity index (χ4v) is 1.52. The van der Waals surface area contributed by atoms with Crippen molar-refractivity contribution >= 4 is 17.3 Å². The predicted octanol–water partition coefficient (Wildman–Crippen LogP) is 0.828. The van der Waals surface area contributed by atoms with Crippen molar-refractivity contribution in [2.24, 2.45) is 0 Å². The Kier molecular flexibility index (Phi) is 5.12. The minimum Gasteiger partial charge on any atom is -0.398 e. The molecule has 4 N–H and O–H groups in total. The molecule has 0 aliphatic heterocycles. The summed E-state index contributed by atoms with van der Waals surface area (Å²) >= 11 is 0. The second kappa shape index (κ2) is 6.37. The van der Waals surface area contributed by atoms with Crippen molar-refractivity contribution in [3.8, 4) is 0 Å². The van der Waals surface area contributed by atoms with Gasteiger partial charge in [-0.05, 0) is 38.6 Å². The number of nitrogens with two attached hydrogens (primary N) is 1. The molecule has 1 unspecified atom stereocenters. The summed E-state index contributed by atoms with van der Waals surface area (Å²) in [5, 5.41) is 11.6. The average Bonchev–Trinajstić information content (AvgIpc) is 2.33. The number of aliphatic hydroxyl groups excluding tert-OH is 1. The lowest BCUT2D eigenvalue weighted by molar-refractivity contribution is -0.120. The number of carbonyl (C=O) groups is 1. The molecule has 1 amide bonds. The summed E-state index contributed by atoms with van der Waals surface area (Å²) < 4.78 is 0. The third-order valence-corrected chi connectivity index (χ3v) is 3.04. The van der Waals surface area contributed by atoms with Crippen molar-refractivity contribution in [2.45, 2.75) is 19.9 Å². The Bertz CT molecular complexity index is 421. The zero-order valence-electron chi connectivity index (χ0n) is 11.1. The molecule has 0 fully saturated rings. The zero-order valence-corrected chi connectivity index (χ0v) is 11.1. The first-order chi connectivity index (χ1) is 8.45. The van der Waals surface area contributed by atoms with E-state index in [0.29, 0.717) is 17.9 Å². The van der Waals surface area contributed by atoms with Gasteiger partial charge in [-0.15, -0.1) is 0 Å². The molecule has 0 aromatic heterocycles. The fraction of sp³-hybridized carbons (Fsp3) is 0.462. The SMILES string of the molecule is Cc1ccc(NC(=O)C(C)N(C)CCO)cc1N. The van der Waals surface area contributed by atoms with Gasteiger partial charge in [0.05, 0.1) is 12.6 Å². The largest absolute Gasteiger partial charge is 0.398 e. The van der Waals surface area contributed by atoms with Gasteiger partial charge in [0.2, 0.25) is 5.91 Å². The molecular weight excluding hydrogens is 230 g/mol. The van der Waals surface area contributed by atoms with E-state index in [0.717, 1.165) is 5.56 Å². The Morgan fingerprint density at radius 2 is 2.22 bits per heavy atom. The summed E-state index contributed by atoms with van der Waals surface area (Å²) in [5.74, 6) is -0.116. The van der Waals surface area contributed by atoms with E-state index in [1.54, 1.807) is 24.9 Å². The summed E-state index contributed by atoms with van der Waals surface area (Å²) in [5.41, 5.74) is 8.11. The van der Waals surface area contributed by atoms with Crippen molar-refractivity contribution in [1.29, 1.82) is 0 Å². The van der Waals surface area contributed by atoms with E-state index in [2.05, 4.69) is 5.32 Å². The van der Waals surface area contributed by atoms with Crippen LogP contribution in [0.3, 0.4) is 0 Å². The standard InChI is InChI=1S/C13H21N3O2/c1-9-4-5-11(8-12(9)14)15-13(18)10(2)16(3)6-7-17/h4-5,8,10,17H,6-7,14H2,1-3H3,(H,15,18). The van der Waals surface area contributed by atoms with Crippen LogP contribution in [0, 0.1) is 6.92 Å². The molecule has 0 radical (unpaired) electrons. The zero-order chi connectivity index (χ0) is 13.7. The van der Waals surface area contributed by atoms with Gasteiger partial charge < -0.3 is 16.2 Å². The number of hydrogen-bond acceptors (Lipinski definition) is 4. The lowest BCUT2D eigenvalue weighted by Crippen LogP contribution is -2.40. The molecule has 0 aliphatic carbocycles. The number of likely N-dealkylation sites (N-methyl/N-ethyl adjacent to an activating group) is 1. The number of amides is 1. The summed E-state index contributed by atoms with van der Waals surface area (Å²) in [6, 6.07) is 5.13. The molecule has 1 aromatic rings. The molecule has 0 bridgehead atoms. The molecule has 0 saturated heterocycles. The van der Waals surface area contributed by atoms with E-state index >= 15 is 0 Å². The number of aryl methyl sites for hydroxylation is 1. The van der Waals surface area contributed by atoms with E-state index in [9.17, 15) is 4.79 Å². The molecule has 0 spiro atoms. The number of nitrogen functional groups attached to an aromatic ring is 1. The van der Waals surface area contributed by atoms with Crippen LogP contribution in [-0.4, -0.2) is 42.2 Å². The molecule has 0 aliphatic rings. The summed E-state index contributed by atoms with van der Waals surface area (Å²) in [6.07, 6.45) is 0. The number of benzene rings is 1. The maximum Gasteiger partial charge on any atom is 0.241 e. The predicted molar refractivity (Wildman–Crippen MR) is 73.4 cm³/mol. The van der Waals surface area contributed by atoms with Crippen molar-refractivity contribution < 1.29 is 9.90 Å². The van der Waals surface area contributed by atoms with Crippen molar-refractivity contribution in [3.05, 3.63) is 23.8 Å². The molecule has 1 aromatic carbocycles. The fourth-order valence-electron chi connectivity index (χ4n) is 1.52. The highest BCUT2D eigenvalue weighted by atomic mass is 16.3. The van der Waals surface area contributed by atoms with Gasteiger partial charge in [-0.3, -0.25) is 9.69 Å². The minimum absolute atomic E-state index is 0.0333. The number of anilines is 2. The molecule has 1 atom stereocenters. The second-order valence-electron chi connectivity index (χ2n) is 4.44. The van der Waals surface area contributed by atoms with Crippen LogP contribution in [0.4, 0.5) is 11.4 Å². The number of nitrogens with one attached hydrogen (secondary N) is 1. The van der Waals surface area contributed by atoms with Crippen LogP contribution in [0.25, 0.3) is 0 Å². The number of aliphatic hydroxyl groups is 1. The Morgan fingerprint density at radius 3 is 2.78 bits per heavy atom. The lowest BCUT2D eigenvalue weighted by atomic mass is 10.2. The van der Waals surface area contributed by atoms with E-state index in [4.69, 9.17) is 10.8 Å². The number of carbonyl (C=O) groups excluding carboxylic acids is 1. The van der Waals surface area contributed by atoms with Crippen LogP contribution in [0.5, 0.6) is 0 Å². The molecule has 0 saturated carbocycles. The van der Waals surface area contributed by atoms with Gasteiger partial charge >= 0.3 is 0 Å². The maximum absolute atomic E-state index is 11.9. The van der Waals surface area contributed by atoms with E-state index in [1.807, 2.05) is 19.1 Å². The number of hydrogen-bond donors (Lipinski definition) is 3. The number of rotatable bonds is 5. The minimum atomic E-state index is -0.306. The summed E-state index contributed by atoms with van der Waals surface area (Å²) in [7, 11) is 1.80. The molecule has 5 nitrogen and oxygen atoms in total. The third-order valence-electron chi connectivity index (χ3n) is 3.04. The average molecular weight is 251 g/mol. The molecule has 18 heavy (non-hydrogen) atoms. The first-order valence-electron chi connectivity index (χ1n) is 5.93. The van der Waals surface area contributed by atoms with Crippen LogP contribution in [-0.2, 0) is 4.79 Å². The highest BCUT2D eigenvalue weighted by molar-refractivity contribution is 5.95. The first-order valence-corrected chi connectivity index (χ1v) is 5.93. The van der Waals surface area contributed by atoms with Crippen molar-refractivity contribution in [3.63, 3.8) is 0 Å². The third kappa shape index (κ3) is 3.72. The van der Waals surface area contributed by atoms with Crippen molar-refractivity contribution in [1.82, 2.24) is 4.90 Å². The van der Waals surface area contributed by atoms with Gasteiger partial charge in [-0.1, -0.05) is 6.07 Å². The Balaban J connectivity index is 2.66. The lowest BCUT2D eigenvalue weighted by Gasteiger charge is -2.22. The highest BCUT2D eigenvalue weighted by Crippen LogP contribution is 2.17. The summed E-state index contributed by atoms with van der Waals surface area (Å²) in [4.78, 5) is 13.7. The normalized spacial score (nSPS) is 12.5. The Hall–Kier alpha value is -1.59. The molecule has 5 heteroatoms. The van der Waals surface area contributed by atoms with Gasteiger partial charge in [0.15, 0.2) is 0 Å². The van der Waals surface area contributed by atoms with Crippen LogP contribution in [0.1, 0.15) is 12.5 Å². The number of nitrogens with zero attached hydrogens (tertiary/aromatic N) is 1. The van der Waals surface area contributed by atoms with Crippen LogP contribution >= 0.6 is 0 Å². The summed E-state index contributed by atoms with van der Waals surface area (Å²) in [6.45, 7) is 4.21. The van der Waals surface area contributed by atoms with Crippen molar-refractivity contribution in [2.75, 3.05) is 31.2 Å². The van der Waals surface area contributed by atoms with Gasteiger partial charge in [0, 0.05) is 17.9 Å². The molecule has 100 valence electrons. The second-order valence-corrected chi connectivity index (χ2v) is 4.44. The quantitative estimate of drug-likeness (QED) is 0.677. The van der Waals surface area contributed by atoms with E-state index in [1.165, 1.54) is 0 Å². The maximum atomic E-state index is 11.9. The Labute approximate surface area is 108 Å². The monoisotopic (exact) mass is 251 g/mol. The van der Waals surface area contributed by atoms with E-state index in [-0.39, 0.29) is 18.6 Å². The molecule has 0 heterocycles. The van der Waals surface area contributed by atoms with E-state index < -0.39 is 0 Å². The highest BCUT2D eigenvalue weighted by Gasteiger charge is 2.17.